The van der Waals surface area contributed by atoms with Gasteiger partial charge in [0.1, 0.15) is 12.4 Å². The minimum absolute atomic E-state index is 0.0933. The molecule has 0 aliphatic heterocycles. The van der Waals surface area contributed by atoms with Crippen LogP contribution in [-0.2, 0) is 13.0 Å². The molecule has 39 heavy (non-hydrogen) atoms. The molecule has 0 aliphatic carbocycles. The fourth-order valence-electron chi connectivity index (χ4n) is 4.94. The Morgan fingerprint density at radius 2 is 1.41 bits per heavy atom. The number of aliphatic hydroxyl groups is 1. The van der Waals surface area contributed by atoms with Crippen LogP contribution in [0, 0.1) is 0 Å². The number of ether oxygens (including phenoxy) is 1. The van der Waals surface area contributed by atoms with Crippen molar-refractivity contribution in [1.82, 2.24) is 4.90 Å². The molecular weight excluding hydrogens is 484 g/mol. The van der Waals surface area contributed by atoms with Gasteiger partial charge in [-0.2, -0.15) is 0 Å². The molecule has 0 saturated heterocycles. The highest BCUT2D eigenvalue weighted by molar-refractivity contribution is 5.95. The molecule has 0 heterocycles. The first-order valence-corrected chi connectivity index (χ1v) is 13.6. The lowest BCUT2D eigenvalue weighted by molar-refractivity contribution is 0.0622. The number of nitrogens with zero attached hydrogens (tertiary/aromatic N) is 1. The van der Waals surface area contributed by atoms with E-state index in [-0.39, 0.29) is 17.6 Å². The molecule has 0 radical (unpaired) electrons. The van der Waals surface area contributed by atoms with Crippen molar-refractivity contribution < 1.29 is 14.6 Å². The van der Waals surface area contributed by atoms with E-state index >= 15 is 0 Å². The minimum Gasteiger partial charge on any atom is -0.488 e. The smallest absolute Gasteiger partial charge is 0.252 e. The molecular formula is C34H38N2O3. The van der Waals surface area contributed by atoms with Crippen molar-refractivity contribution >= 4 is 5.91 Å². The van der Waals surface area contributed by atoms with Crippen LogP contribution in [0.25, 0.3) is 0 Å². The van der Waals surface area contributed by atoms with Gasteiger partial charge in [0.15, 0.2) is 0 Å². The molecule has 4 aromatic rings. The summed E-state index contributed by atoms with van der Waals surface area (Å²) in [6, 6.07) is 36.1. The molecule has 0 bridgehead atoms. The molecule has 202 valence electrons. The maximum Gasteiger partial charge on any atom is 0.252 e. The first-order valence-electron chi connectivity index (χ1n) is 13.6. The summed E-state index contributed by atoms with van der Waals surface area (Å²) in [6.45, 7) is 5.12. The van der Waals surface area contributed by atoms with Crippen LogP contribution < -0.4 is 10.5 Å². The Kier molecular flexibility index (Phi) is 9.90. The lowest BCUT2D eigenvalue weighted by Gasteiger charge is -2.36. The first kappa shape index (κ1) is 28.1. The zero-order valence-corrected chi connectivity index (χ0v) is 22.7. The zero-order valence-electron chi connectivity index (χ0n) is 22.7. The third kappa shape index (κ3) is 7.79. The Balaban J connectivity index is 1.52. The quantitative estimate of drug-likeness (QED) is 0.211. The van der Waals surface area contributed by atoms with Gasteiger partial charge in [0.2, 0.25) is 0 Å². The van der Waals surface area contributed by atoms with E-state index in [2.05, 4.69) is 55.1 Å². The fraction of sp³-hybridized carbons (Fsp3) is 0.265. The van der Waals surface area contributed by atoms with E-state index in [1.807, 2.05) is 60.7 Å². The molecule has 4 rings (SSSR count). The van der Waals surface area contributed by atoms with Crippen LogP contribution >= 0.6 is 0 Å². The topological polar surface area (TPSA) is 75.8 Å². The van der Waals surface area contributed by atoms with Crippen molar-refractivity contribution in [3.63, 3.8) is 0 Å². The van der Waals surface area contributed by atoms with Crippen LogP contribution in [0.3, 0.4) is 0 Å². The number of amides is 1. The molecule has 5 heteroatoms. The van der Waals surface area contributed by atoms with Crippen molar-refractivity contribution in [2.45, 2.75) is 51.5 Å². The van der Waals surface area contributed by atoms with Crippen LogP contribution in [-0.4, -0.2) is 28.5 Å². The van der Waals surface area contributed by atoms with Crippen LogP contribution in [0.1, 0.15) is 65.0 Å². The van der Waals surface area contributed by atoms with Gasteiger partial charge in [0.05, 0.1) is 11.7 Å². The van der Waals surface area contributed by atoms with E-state index in [4.69, 9.17) is 10.5 Å². The number of hydrogen-bond acceptors (Lipinski definition) is 4. The van der Waals surface area contributed by atoms with E-state index in [1.165, 1.54) is 11.1 Å². The predicted octanol–water partition coefficient (Wildman–Crippen LogP) is 6.48. The van der Waals surface area contributed by atoms with Gasteiger partial charge in [-0.3, -0.25) is 9.69 Å². The highest BCUT2D eigenvalue weighted by Gasteiger charge is 2.25. The van der Waals surface area contributed by atoms with Crippen LogP contribution in [0.2, 0.25) is 0 Å². The molecule has 3 atom stereocenters. The number of aryl methyl sites for hydroxylation is 1. The monoisotopic (exact) mass is 522 g/mol. The van der Waals surface area contributed by atoms with Gasteiger partial charge in [-0.1, -0.05) is 97.1 Å². The maximum atomic E-state index is 12.3. The first-order chi connectivity index (χ1) is 18.9. The molecule has 4 aromatic carbocycles. The standard InChI is InChI=1S/C34H38N2O3/c1-25(18-19-27-12-6-3-7-13-27)36(26(2)29-16-10-5-11-17-29)23-32(37)30-20-21-33(31(22-30)34(35)38)39-24-28-14-8-4-9-15-28/h3-17,20-22,25-26,32,37H,18-19,23-24H2,1-2H3,(H2,35,38)/t25-,26+,32-/m1/s1. The summed E-state index contributed by atoms with van der Waals surface area (Å²) >= 11 is 0. The molecule has 0 fully saturated rings. The Bertz CT molecular complexity index is 1310. The number of hydrogen-bond donors (Lipinski definition) is 2. The molecule has 0 spiro atoms. The summed E-state index contributed by atoms with van der Waals surface area (Å²) in [6.07, 6.45) is 1.10. The Labute approximate surface area is 231 Å². The average Bonchev–Trinajstić information content (AvgIpc) is 2.98. The second-order valence-electron chi connectivity index (χ2n) is 10.1. The summed E-state index contributed by atoms with van der Waals surface area (Å²) in [5.74, 6) is -0.175. The Hall–Kier alpha value is -3.93. The van der Waals surface area contributed by atoms with Gasteiger partial charge in [-0.15, -0.1) is 0 Å². The molecule has 0 aliphatic rings. The molecule has 0 aromatic heterocycles. The van der Waals surface area contributed by atoms with Gasteiger partial charge in [-0.05, 0) is 61.1 Å². The van der Waals surface area contributed by atoms with Crippen LogP contribution in [0.4, 0.5) is 0 Å². The summed E-state index contributed by atoms with van der Waals surface area (Å²) in [7, 11) is 0. The summed E-state index contributed by atoms with van der Waals surface area (Å²) in [5, 5.41) is 11.4. The number of benzene rings is 4. The van der Waals surface area contributed by atoms with E-state index in [9.17, 15) is 9.90 Å². The predicted molar refractivity (Wildman–Crippen MR) is 156 cm³/mol. The number of aliphatic hydroxyl groups excluding tert-OH is 1. The average molecular weight is 523 g/mol. The Morgan fingerprint density at radius 1 is 0.821 bits per heavy atom. The molecule has 0 unspecified atom stereocenters. The number of rotatable bonds is 13. The second-order valence-corrected chi connectivity index (χ2v) is 10.1. The lowest BCUT2D eigenvalue weighted by Crippen LogP contribution is -2.39. The van der Waals surface area contributed by atoms with Gasteiger partial charge >= 0.3 is 0 Å². The second kappa shape index (κ2) is 13.7. The Morgan fingerprint density at radius 3 is 2.03 bits per heavy atom. The van der Waals surface area contributed by atoms with Crippen molar-refractivity contribution in [3.05, 3.63) is 137 Å². The van der Waals surface area contributed by atoms with Crippen molar-refractivity contribution in [2.75, 3.05) is 6.54 Å². The largest absolute Gasteiger partial charge is 0.488 e. The highest BCUT2D eigenvalue weighted by Crippen LogP contribution is 2.30. The van der Waals surface area contributed by atoms with Crippen LogP contribution in [0.5, 0.6) is 5.75 Å². The lowest BCUT2D eigenvalue weighted by atomic mass is 9.98. The SMILES string of the molecule is C[C@H](CCc1ccccc1)N(C[C@@H](O)c1ccc(OCc2ccccc2)c(C(N)=O)c1)[C@@H](C)c1ccccc1. The number of nitrogens with two attached hydrogens (primary N) is 1. The van der Waals surface area contributed by atoms with E-state index < -0.39 is 12.0 Å². The normalized spacial score (nSPS) is 13.5. The molecule has 5 nitrogen and oxygen atoms in total. The van der Waals surface area contributed by atoms with Gasteiger partial charge in [0, 0.05) is 18.6 Å². The summed E-state index contributed by atoms with van der Waals surface area (Å²) in [4.78, 5) is 14.6. The third-order valence-electron chi connectivity index (χ3n) is 7.31. The van der Waals surface area contributed by atoms with E-state index in [0.29, 0.717) is 24.5 Å². The van der Waals surface area contributed by atoms with Crippen molar-refractivity contribution in [3.8, 4) is 5.75 Å². The number of primary amides is 1. The maximum absolute atomic E-state index is 12.3. The number of carbonyl (C=O) groups is 1. The number of carbonyl (C=O) groups excluding carboxylic acids is 1. The summed E-state index contributed by atoms with van der Waals surface area (Å²) in [5.41, 5.74) is 10.1. The van der Waals surface area contributed by atoms with Crippen molar-refractivity contribution in [2.24, 2.45) is 5.73 Å². The molecule has 3 N–H and O–H groups in total. The minimum atomic E-state index is -0.809. The summed E-state index contributed by atoms with van der Waals surface area (Å²) < 4.78 is 5.92. The molecule has 0 saturated carbocycles. The van der Waals surface area contributed by atoms with Gasteiger partial charge in [0.25, 0.3) is 5.91 Å². The highest BCUT2D eigenvalue weighted by atomic mass is 16.5. The zero-order chi connectivity index (χ0) is 27.6. The third-order valence-corrected chi connectivity index (χ3v) is 7.31. The fourth-order valence-corrected chi connectivity index (χ4v) is 4.94. The van der Waals surface area contributed by atoms with Crippen LogP contribution in [0.15, 0.2) is 109 Å². The van der Waals surface area contributed by atoms with E-state index in [0.717, 1.165) is 18.4 Å². The van der Waals surface area contributed by atoms with E-state index in [1.54, 1.807) is 12.1 Å². The van der Waals surface area contributed by atoms with Gasteiger partial charge in [-0.25, -0.2) is 0 Å². The van der Waals surface area contributed by atoms with Gasteiger partial charge < -0.3 is 15.6 Å². The molecule has 1 amide bonds. The van der Waals surface area contributed by atoms with Crippen molar-refractivity contribution in [1.29, 1.82) is 0 Å².